The van der Waals surface area contributed by atoms with Gasteiger partial charge in [0.2, 0.25) is 5.12 Å². The molecule has 0 unspecified atom stereocenters. The number of hydrogen-bond donors (Lipinski definition) is 0. The maximum absolute atomic E-state index is 12.2. The number of ether oxygens (including phenoxy) is 1. The second-order valence-electron chi connectivity index (χ2n) is 4.43. The third-order valence-corrected chi connectivity index (χ3v) is 4.26. The zero-order chi connectivity index (χ0) is 16.1. The van der Waals surface area contributed by atoms with Crippen LogP contribution < -0.4 is 4.74 Å². The van der Waals surface area contributed by atoms with E-state index in [0.29, 0.717) is 17.2 Å². The zero-order valence-corrected chi connectivity index (χ0v) is 14.2. The van der Waals surface area contributed by atoms with Crippen LogP contribution in [0.15, 0.2) is 68.7 Å². The summed E-state index contributed by atoms with van der Waals surface area (Å²) < 4.78 is 11.7. The molecule has 3 rings (SSSR count). The summed E-state index contributed by atoms with van der Waals surface area (Å²) in [6.45, 7) is 0.154. The van der Waals surface area contributed by atoms with E-state index in [-0.39, 0.29) is 16.9 Å². The highest BCUT2D eigenvalue weighted by Gasteiger charge is 2.16. The summed E-state index contributed by atoms with van der Waals surface area (Å²) in [4.78, 5) is 12.2. The minimum atomic E-state index is -0.170. The standard InChI is InChI=1S/C16H11BrN2O3S/c17-13-9-5-4-8-12(13)15(20)23-16-19-18-14(22-16)10-21-11-6-2-1-3-7-11/h1-9H,10H2. The first-order chi connectivity index (χ1) is 11.2. The number of carbonyl (C=O) groups is 1. The molecule has 116 valence electrons. The fourth-order valence-corrected chi connectivity index (χ4v) is 3.02. The smallest absolute Gasteiger partial charge is 0.284 e. The van der Waals surface area contributed by atoms with Gasteiger partial charge in [-0.25, -0.2) is 0 Å². The minimum Gasteiger partial charge on any atom is -0.484 e. The van der Waals surface area contributed by atoms with Crippen molar-refractivity contribution in [1.29, 1.82) is 0 Å². The molecule has 5 nitrogen and oxygen atoms in total. The predicted octanol–water partition coefficient (Wildman–Crippen LogP) is 4.34. The van der Waals surface area contributed by atoms with Crippen molar-refractivity contribution in [3.63, 3.8) is 0 Å². The Bertz CT molecular complexity index is 808. The highest BCUT2D eigenvalue weighted by atomic mass is 79.9. The summed E-state index contributed by atoms with van der Waals surface area (Å²) >= 11 is 4.23. The molecule has 0 fully saturated rings. The summed E-state index contributed by atoms with van der Waals surface area (Å²) in [6.07, 6.45) is 0. The van der Waals surface area contributed by atoms with Gasteiger partial charge in [-0.1, -0.05) is 46.3 Å². The molecular weight excluding hydrogens is 380 g/mol. The van der Waals surface area contributed by atoms with Crippen LogP contribution in [0.25, 0.3) is 0 Å². The van der Waals surface area contributed by atoms with Gasteiger partial charge in [0.1, 0.15) is 5.75 Å². The van der Waals surface area contributed by atoms with Crippen molar-refractivity contribution in [3.8, 4) is 5.75 Å². The van der Waals surface area contributed by atoms with Gasteiger partial charge in [0.15, 0.2) is 6.61 Å². The number of rotatable bonds is 5. The van der Waals surface area contributed by atoms with Gasteiger partial charge in [0, 0.05) is 21.8 Å². The Kier molecular flexibility index (Phi) is 5.09. The molecule has 0 spiro atoms. The van der Waals surface area contributed by atoms with E-state index in [4.69, 9.17) is 9.15 Å². The number of benzene rings is 2. The van der Waals surface area contributed by atoms with Gasteiger partial charge < -0.3 is 9.15 Å². The summed E-state index contributed by atoms with van der Waals surface area (Å²) in [7, 11) is 0. The van der Waals surface area contributed by atoms with E-state index in [2.05, 4.69) is 26.1 Å². The molecule has 0 aliphatic rings. The van der Waals surface area contributed by atoms with Crippen LogP contribution in [0.2, 0.25) is 0 Å². The van der Waals surface area contributed by atoms with Crippen molar-refractivity contribution >= 4 is 32.8 Å². The highest BCUT2D eigenvalue weighted by Crippen LogP contribution is 2.26. The van der Waals surface area contributed by atoms with E-state index in [1.165, 1.54) is 0 Å². The zero-order valence-electron chi connectivity index (χ0n) is 11.8. The van der Waals surface area contributed by atoms with E-state index in [0.717, 1.165) is 16.2 Å². The molecule has 2 aromatic carbocycles. The van der Waals surface area contributed by atoms with Crippen LogP contribution in [0.3, 0.4) is 0 Å². The maximum Gasteiger partial charge on any atom is 0.284 e. The van der Waals surface area contributed by atoms with Crippen LogP contribution in [0.4, 0.5) is 0 Å². The Morgan fingerprint density at radius 1 is 1.09 bits per heavy atom. The Hall–Kier alpha value is -2.12. The molecular formula is C16H11BrN2O3S. The number of nitrogens with zero attached hydrogens (tertiary/aromatic N) is 2. The highest BCUT2D eigenvalue weighted by molar-refractivity contribution is 9.10. The van der Waals surface area contributed by atoms with Crippen LogP contribution in [0, 0.1) is 0 Å². The van der Waals surface area contributed by atoms with Gasteiger partial charge in [-0.05, 0) is 24.3 Å². The minimum absolute atomic E-state index is 0.154. The normalized spacial score (nSPS) is 10.5. The molecule has 3 aromatic rings. The van der Waals surface area contributed by atoms with Crippen LogP contribution in [-0.2, 0) is 6.61 Å². The number of halogens is 1. The number of thioether (sulfide) groups is 1. The summed E-state index contributed by atoms with van der Waals surface area (Å²) in [5.74, 6) is 1.03. The second-order valence-corrected chi connectivity index (χ2v) is 6.21. The first-order valence-corrected chi connectivity index (χ1v) is 8.30. The van der Waals surface area contributed by atoms with E-state index in [1.807, 2.05) is 36.4 Å². The number of aromatic nitrogens is 2. The average molecular weight is 391 g/mol. The molecule has 0 aliphatic carbocycles. The predicted molar refractivity (Wildman–Crippen MR) is 89.4 cm³/mol. The van der Waals surface area contributed by atoms with E-state index < -0.39 is 0 Å². The molecule has 7 heteroatoms. The summed E-state index contributed by atoms with van der Waals surface area (Å²) in [5, 5.41) is 7.75. The molecule has 0 saturated heterocycles. The SMILES string of the molecule is O=C(Sc1nnc(COc2ccccc2)o1)c1ccccc1Br. The van der Waals surface area contributed by atoms with Crippen LogP contribution >= 0.6 is 27.7 Å². The number of para-hydroxylation sites is 1. The van der Waals surface area contributed by atoms with Crippen LogP contribution in [0.5, 0.6) is 5.75 Å². The molecule has 0 saturated carbocycles. The van der Waals surface area contributed by atoms with Crippen molar-refractivity contribution in [1.82, 2.24) is 10.2 Å². The molecule has 0 amide bonds. The molecule has 0 atom stereocenters. The molecule has 0 aliphatic heterocycles. The van der Waals surface area contributed by atoms with Gasteiger partial charge in [-0.15, -0.1) is 10.2 Å². The van der Waals surface area contributed by atoms with E-state index >= 15 is 0 Å². The molecule has 1 heterocycles. The number of hydrogen-bond acceptors (Lipinski definition) is 6. The lowest BCUT2D eigenvalue weighted by molar-refractivity contribution is 0.108. The fraction of sp³-hybridized carbons (Fsp3) is 0.0625. The fourth-order valence-electron chi connectivity index (χ4n) is 1.76. The van der Waals surface area contributed by atoms with Gasteiger partial charge in [0.05, 0.1) is 0 Å². The van der Waals surface area contributed by atoms with E-state index in [9.17, 15) is 4.79 Å². The summed E-state index contributed by atoms with van der Waals surface area (Å²) in [6, 6.07) is 16.5. The Morgan fingerprint density at radius 2 is 1.83 bits per heavy atom. The third kappa shape index (κ3) is 4.20. The van der Waals surface area contributed by atoms with Gasteiger partial charge in [0.25, 0.3) is 11.1 Å². The largest absolute Gasteiger partial charge is 0.484 e. The first kappa shape index (κ1) is 15.8. The van der Waals surface area contributed by atoms with Crippen LogP contribution in [-0.4, -0.2) is 15.3 Å². The third-order valence-electron chi connectivity index (χ3n) is 2.83. The Labute approximate surface area is 145 Å². The number of carbonyl (C=O) groups excluding carboxylic acids is 1. The Morgan fingerprint density at radius 3 is 2.61 bits per heavy atom. The lowest BCUT2D eigenvalue weighted by atomic mass is 10.2. The Balaban J connectivity index is 1.61. The molecule has 23 heavy (non-hydrogen) atoms. The molecule has 0 radical (unpaired) electrons. The van der Waals surface area contributed by atoms with Crippen molar-refractivity contribution in [3.05, 3.63) is 70.5 Å². The quantitative estimate of drug-likeness (QED) is 0.603. The summed E-state index contributed by atoms with van der Waals surface area (Å²) in [5.41, 5.74) is 0.554. The van der Waals surface area contributed by atoms with Gasteiger partial charge in [-0.3, -0.25) is 4.79 Å². The first-order valence-electron chi connectivity index (χ1n) is 6.69. The molecule has 0 N–H and O–H groups in total. The maximum atomic E-state index is 12.2. The second kappa shape index (κ2) is 7.43. The van der Waals surface area contributed by atoms with E-state index in [1.54, 1.807) is 18.2 Å². The van der Waals surface area contributed by atoms with Crippen molar-refractivity contribution < 1.29 is 13.9 Å². The monoisotopic (exact) mass is 390 g/mol. The molecule has 1 aromatic heterocycles. The lowest BCUT2D eigenvalue weighted by Crippen LogP contribution is -1.95. The molecule has 0 bridgehead atoms. The van der Waals surface area contributed by atoms with Crippen molar-refractivity contribution in [2.24, 2.45) is 0 Å². The van der Waals surface area contributed by atoms with Gasteiger partial charge >= 0.3 is 0 Å². The van der Waals surface area contributed by atoms with Crippen molar-refractivity contribution in [2.45, 2.75) is 11.8 Å². The lowest BCUT2D eigenvalue weighted by Gasteiger charge is -2.01. The van der Waals surface area contributed by atoms with Gasteiger partial charge in [-0.2, -0.15) is 0 Å². The van der Waals surface area contributed by atoms with Crippen molar-refractivity contribution in [2.75, 3.05) is 0 Å². The average Bonchev–Trinajstić information content (AvgIpc) is 3.02. The topological polar surface area (TPSA) is 65.2 Å². The van der Waals surface area contributed by atoms with Crippen LogP contribution in [0.1, 0.15) is 16.2 Å².